The highest BCUT2D eigenvalue weighted by Crippen LogP contribution is 1.99. The number of pyridine rings is 1. The standard InChI is InChI=1S/C10H12N2O4/c1-6(13)8(10(15)16)12-9(14)7-3-2-4-11-5-7/h2-6,8,13H,1H3,(H,12,14)(H,15,16)/t6-,8+/m0/s1. The molecule has 6 heteroatoms. The van der Waals surface area contributed by atoms with E-state index in [1.54, 1.807) is 6.07 Å². The van der Waals surface area contributed by atoms with E-state index in [2.05, 4.69) is 10.3 Å². The number of nitrogens with zero attached hydrogens (tertiary/aromatic N) is 1. The summed E-state index contributed by atoms with van der Waals surface area (Å²) in [5.74, 6) is -1.87. The van der Waals surface area contributed by atoms with Gasteiger partial charge in [0.05, 0.1) is 11.7 Å². The Bertz CT molecular complexity index is 378. The molecule has 0 aliphatic rings. The quantitative estimate of drug-likeness (QED) is 0.649. The van der Waals surface area contributed by atoms with E-state index in [1.165, 1.54) is 25.4 Å². The molecule has 0 aliphatic carbocycles. The maximum atomic E-state index is 11.5. The number of aliphatic carboxylic acids is 1. The molecule has 1 rings (SSSR count). The van der Waals surface area contributed by atoms with Crippen LogP contribution in [0.3, 0.4) is 0 Å². The number of nitrogens with one attached hydrogen (secondary N) is 1. The van der Waals surface area contributed by atoms with Crippen molar-refractivity contribution >= 4 is 11.9 Å². The molecule has 1 aromatic heterocycles. The molecule has 6 nitrogen and oxygen atoms in total. The van der Waals surface area contributed by atoms with Crippen LogP contribution in [0.5, 0.6) is 0 Å². The number of amides is 1. The van der Waals surface area contributed by atoms with E-state index in [4.69, 9.17) is 10.2 Å². The molecule has 86 valence electrons. The number of carbonyl (C=O) groups excluding carboxylic acids is 1. The maximum Gasteiger partial charge on any atom is 0.328 e. The van der Waals surface area contributed by atoms with Crippen LogP contribution in [0.15, 0.2) is 24.5 Å². The van der Waals surface area contributed by atoms with Gasteiger partial charge in [-0.2, -0.15) is 0 Å². The highest BCUT2D eigenvalue weighted by atomic mass is 16.4. The van der Waals surface area contributed by atoms with E-state index in [1.807, 2.05) is 0 Å². The molecule has 1 aromatic rings. The Kier molecular flexibility index (Phi) is 3.96. The zero-order valence-electron chi connectivity index (χ0n) is 8.62. The van der Waals surface area contributed by atoms with Gasteiger partial charge >= 0.3 is 5.97 Å². The lowest BCUT2D eigenvalue weighted by atomic mass is 10.1. The van der Waals surface area contributed by atoms with E-state index in [9.17, 15) is 9.59 Å². The van der Waals surface area contributed by atoms with Crippen LogP contribution in [0.2, 0.25) is 0 Å². The molecule has 1 amide bonds. The largest absolute Gasteiger partial charge is 0.480 e. The first kappa shape index (κ1) is 12.1. The lowest BCUT2D eigenvalue weighted by Crippen LogP contribution is -2.47. The molecule has 16 heavy (non-hydrogen) atoms. The average Bonchev–Trinajstić information content (AvgIpc) is 2.25. The summed E-state index contributed by atoms with van der Waals surface area (Å²) in [7, 11) is 0. The van der Waals surface area contributed by atoms with Gasteiger partial charge in [0.25, 0.3) is 5.91 Å². The number of aromatic nitrogens is 1. The number of carboxylic acids is 1. The van der Waals surface area contributed by atoms with Gasteiger partial charge in [-0.1, -0.05) is 0 Å². The SMILES string of the molecule is C[C@H](O)[C@@H](NC(=O)c1cccnc1)C(=O)O. The second-order valence-corrected chi connectivity index (χ2v) is 3.27. The Hall–Kier alpha value is -1.95. The normalized spacial score (nSPS) is 13.9. The Balaban J connectivity index is 2.74. The van der Waals surface area contributed by atoms with Crippen LogP contribution in [0.1, 0.15) is 17.3 Å². The minimum absolute atomic E-state index is 0.245. The third-order valence-corrected chi connectivity index (χ3v) is 1.96. The fraction of sp³-hybridized carbons (Fsp3) is 0.300. The van der Waals surface area contributed by atoms with Gasteiger partial charge in [0.2, 0.25) is 0 Å². The molecule has 0 unspecified atom stereocenters. The van der Waals surface area contributed by atoms with Crippen LogP contribution < -0.4 is 5.32 Å². The number of aliphatic hydroxyl groups excluding tert-OH is 1. The van der Waals surface area contributed by atoms with Crippen molar-refractivity contribution in [3.8, 4) is 0 Å². The molecule has 0 radical (unpaired) electrons. The second kappa shape index (κ2) is 5.22. The van der Waals surface area contributed by atoms with E-state index >= 15 is 0 Å². The third-order valence-electron chi connectivity index (χ3n) is 1.96. The molecule has 3 N–H and O–H groups in total. The van der Waals surface area contributed by atoms with Crippen LogP contribution in [0, 0.1) is 0 Å². The summed E-state index contributed by atoms with van der Waals surface area (Å²) in [5, 5.41) is 20.1. The van der Waals surface area contributed by atoms with Gasteiger partial charge in [-0.25, -0.2) is 4.79 Å². The Morgan fingerprint density at radius 2 is 2.19 bits per heavy atom. The molecular formula is C10H12N2O4. The summed E-state index contributed by atoms with van der Waals surface area (Å²) in [4.78, 5) is 26.0. The van der Waals surface area contributed by atoms with Crippen LogP contribution in [0.25, 0.3) is 0 Å². The predicted molar refractivity (Wildman–Crippen MR) is 54.8 cm³/mol. The summed E-state index contributed by atoms with van der Waals surface area (Å²) in [5.41, 5.74) is 0.245. The van der Waals surface area contributed by atoms with Crippen LogP contribution in [-0.2, 0) is 4.79 Å². The van der Waals surface area contributed by atoms with E-state index < -0.39 is 24.0 Å². The fourth-order valence-corrected chi connectivity index (χ4v) is 1.11. The summed E-state index contributed by atoms with van der Waals surface area (Å²) in [6.45, 7) is 1.29. The highest BCUT2D eigenvalue weighted by Gasteiger charge is 2.25. The molecule has 1 heterocycles. The van der Waals surface area contributed by atoms with Gasteiger partial charge in [-0.05, 0) is 19.1 Å². The van der Waals surface area contributed by atoms with Crippen molar-refractivity contribution in [1.29, 1.82) is 0 Å². The first-order valence-electron chi connectivity index (χ1n) is 4.64. The number of carboxylic acid groups (broad SMARTS) is 1. The summed E-state index contributed by atoms with van der Waals surface area (Å²) >= 11 is 0. The Morgan fingerprint density at radius 1 is 1.50 bits per heavy atom. The van der Waals surface area contributed by atoms with E-state index in [0.29, 0.717) is 0 Å². The third kappa shape index (κ3) is 3.03. The molecule has 0 spiro atoms. The Morgan fingerprint density at radius 3 is 2.62 bits per heavy atom. The molecule has 0 aliphatic heterocycles. The summed E-state index contributed by atoms with van der Waals surface area (Å²) < 4.78 is 0. The van der Waals surface area contributed by atoms with Gasteiger partial charge in [-0.15, -0.1) is 0 Å². The maximum absolute atomic E-state index is 11.5. The molecule has 0 aromatic carbocycles. The van der Waals surface area contributed by atoms with Gasteiger partial charge in [0.1, 0.15) is 0 Å². The van der Waals surface area contributed by atoms with Crippen molar-refractivity contribution < 1.29 is 19.8 Å². The molecule has 0 fully saturated rings. The molecular weight excluding hydrogens is 212 g/mol. The van der Waals surface area contributed by atoms with Crippen molar-refractivity contribution in [2.24, 2.45) is 0 Å². The lowest BCUT2D eigenvalue weighted by Gasteiger charge is -2.16. The Labute approximate surface area is 91.9 Å². The first-order valence-corrected chi connectivity index (χ1v) is 4.64. The monoisotopic (exact) mass is 224 g/mol. The predicted octanol–water partition coefficient (Wildman–Crippen LogP) is -0.355. The van der Waals surface area contributed by atoms with Crippen molar-refractivity contribution in [3.05, 3.63) is 30.1 Å². The zero-order chi connectivity index (χ0) is 12.1. The first-order chi connectivity index (χ1) is 7.52. The number of carbonyl (C=O) groups is 2. The van der Waals surface area contributed by atoms with Gasteiger partial charge < -0.3 is 15.5 Å². The number of rotatable bonds is 4. The van der Waals surface area contributed by atoms with Gasteiger partial charge in [0.15, 0.2) is 6.04 Å². The minimum atomic E-state index is -1.33. The number of hydrogen-bond donors (Lipinski definition) is 3. The van der Waals surface area contributed by atoms with E-state index in [-0.39, 0.29) is 5.56 Å². The second-order valence-electron chi connectivity index (χ2n) is 3.27. The van der Waals surface area contributed by atoms with Gasteiger partial charge in [-0.3, -0.25) is 9.78 Å². The van der Waals surface area contributed by atoms with E-state index in [0.717, 1.165) is 0 Å². The molecule has 0 saturated heterocycles. The summed E-state index contributed by atoms with van der Waals surface area (Å²) in [6, 6.07) is 1.74. The molecule has 0 bridgehead atoms. The highest BCUT2D eigenvalue weighted by molar-refractivity contribution is 5.96. The van der Waals surface area contributed by atoms with Crippen LogP contribution >= 0.6 is 0 Å². The average molecular weight is 224 g/mol. The van der Waals surface area contributed by atoms with Crippen molar-refractivity contribution in [2.75, 3.05) is 0 Å². The zero-order valence-corrected chi connectivity index (χ0v) is 8.62. The number of aliphatic hydroxyl groups is 1. The number of hydrogen-bond acceptors (Lipinski definition) is 4. The molecule has 0 saturated carbocycles. The van der Waals surface area contributed by atoms with Crippen molar-refractivity contribution in [2.45, 2.75) is 19.1 Å². The topological polar surface area (TPSA) is 99.5 Å². The summed E-state index contributed by atoms with van der Waals surface area (Å²) in [6.07, 6.45) is 1.65. The lowest BCUT2D eigenvalue weighted by molar-refractivity contribution is -0.141. The smallest absolute Gasteiger partial charge is 0.328 e. The van der Waals surface area contributed by atoms with Crippen molar-refractivity contribution in [1.82, 2.24) is 10.3 Å². The fourth-order valence-electron chi connectivity index (χ4n) is 1.11. The van der Waals surface area contributed by atoms with Crippen molar-refractivity contribution in [3.63, 3.8) is 0 Å². The minimum Gasteiger partial charge on any atom is -0.480 e. The molecule has 2 atom stereocenters. The van der Waals surface area contributed by atoms with Crippen LogP contribution in [0.4, 0.5) is 0 Å². The van der Waals surface area contributed by atoms with Crippen LogP contribution in [-0.4, -0.2) is 39.2 Å². The van der Waals surface area contributed by atoms with Gasteiger partial charge in [0, 0.05) is 12.4 Å².